The Morgan fingerprint density at radius 1 is 1.47 bits per heavy atom. The van der Waals surface area contributed by atoms with Crippen molar-refractivity contribution >= 4 is 5.82 Å². The summed E-state index contributed by atoms with van der Waals surface area (Å²) in [6.07, 6.45) is 4.44. The van der Waals surface area contributed by atoms with Crippen LogP contribution in [-0.2, 0) is 0 Å². The SMILES string of the molecule is N#Cc1c(C2CCCC2)cc(N)[nH]c1=O. The van der Waals surface area contributed by atoms with Gasteiger partial charge in [-0.3, -0.25) is 4.79 Å². The van der Waals surface area contributed by atoms with Crippen LogP contribution in [0.5, 0.6) is 0 Å². The van der Waals surface area contributed by atoms with Gasteiger partial charge in [-0.25, -0.2) is 0 Å². The van der Waals surface area contributed by atoms with E-state index in [1.54, 1.807) is 6.07 Å². The van der Waals surface area contributed by atoms with Crippen molar-refractivity contribution in [3.63, 3.8) is 0 Å². The van der Waals surface area contributed by atoms with Gasteiger partial charge in [0.1, 0.15) is 17.5 Å². The Balaban J connectivity index is 2.54. The van der Waals surface area contributed by atoms with Gasteiger partial charge < -0.3 is 10.7 Å². The number of nitrogen functional groups attached to an aromatic ring is 1. The molecule has 0 aromatic carbocycles. The largest absolute Gasteiger partial charge is 0.385 e. The van der Waals surface area contributed by atoms with Crippen LogP contribution in [0.1, 0.15) is 42.7 Å². The van der Waals surface area contributed by atoms with Gasteiger partial charge in [-0.1, -0.05) is 12.8 Å². The molecule has 0 spiro atoms. The maximum Gasteiger partial charge on any atom is 0.267 e. The van der Waals surface area contributed by atoms with E-state index in [4.69, 9.17) is 11.0 Å². The minimum atomic E-state index is -0.362. The van der Waals surface area contributed by atoms with Crippen LogP contribution >= 0.6 is 0 Å². The number of hydrogen-bond acceptors (Lipinski definition) is 3. The Labute approximate surface area is 87.7 Å². The van der Waals surface area contributed by atoms with Gasteiger partial charge in [-0.2, -0.15) is 5.26 Å². The number of rotatable bonds is 1. The summed E-state index contributed by atoms with van der Waals surface area (Å²) in [6, 6.07) is 3.70. The van der Waals surface area contributed by atoms with Crippen molar-refractivity contribution in [3.8, 4) is 6.07 Å². The lowest BCUT2D eigenvalue weighted by Crippen LogP contribution is -2.16. The first-order valence-electron chi connectivity index (χ1n) is 5.15. The smallest absolute Gasteiger partial charge is 0.267 e. The number of pyridine rings is 1. The first-order chi connectivity index (χ1) is 7.22. The molecule has 0 aliphatic heterocycles. The quantitative estimate of drug-likeness (QED) is 0.725. The molecule has 1 aromatic rings. The lowest BCUT2D eigenvalue weighted by molar-refractivity contribution is 0.718. The van der Waals surface area contributed by atoms with Crippen LogP contribution in [0.2, 0.25) is 0 Å². The predicted octanol–water partition coefficient (Wildman–Crippen LogP) is 1.49. The Morgan fingerprint density at radius 3 is 2.73 bits per heavy atom. The molecule has 1 heterocycles. The Kier molecular flexibility index (Phi) is 2.46. The zero-order chi connectivity index (χ0) is 10.8. The second-order valence-corrected chi connectivity index (χ2v) is 3.98. The molecular weight excluding hydrogens is 190 g/mol. The predicted molar refractivity (Wildman–Crippen MR) is 57.4 cm³/mol. The average Bonchev–Trinajstić information content (AvgIpc) is 2.69. The minimum Gasteiger partial charge on any atom is -0.385 e. The van der Waals surface area contributed by atoms with E-state index in [9.17, 15) is 4.79 Å². The van der Waals surface area contributed by atoms with Gasteiger partial charge >= 0.3 is 0 Å². The normalized spacial score (nSPS) is 16.5. The van der Waals surface area contributed by atoms with Crippen LogP contribution in [0, 0.1) is 11.3 Å². The minimum absolute atomic E-state index is 0.233. The number of hydrogen-bond donors (Lipinski definition) is 2. The van der Waals surface area contributed by atoms with Crippen molar-refractivity contribution in [2.24, 2.45) is 0 Å². The monoisotopic (exact) mass is 203 g/mol. The number of aromatic nitrogens is 1. The number of anilines is 1. The average molecular weight is 203 g/mol. The highest BCUT2D eigenvalue weighted by molar-refractivity contribution is 5.45. The van der Waals surface area contributed by atoms with Crippen molar-refractivity contribution in [3.05, 3.63) is 27.5 Å². The van der Waals surface area contributed by atoms with E-state index in [0.717, 1.165) is 18.4 Å². The Morgan fingerprint density at radius 2 is 2.13 bits per heavy atom. The van der Waals surface area contributed by atoms with E-state index in [-0.39, 0.29) is 11.1 Å². The second kappa shape index (κ2) is 3.77. The summed E-state index contributed by atoms with van der Waals surface area (Å²) in [5, 5.41) is 8.94. The van der Waals surface area contributed by atoms with Crippen LogP contribution in [0.4, 0.5) is 5.82 Å². The number of H-pyrrole nitrogens is 1. The molecule has 3 N–H and O–H groups in total. The molecule has 15 heavy (non-hydrogen) atoms. The van der Waals surface area contributed by atoms with Crippen molar-refractivity contribution in [2.75, 3.05) is 5.73 Å². The van der Waals surface area contributed by atoms with E-state index in [0.29, 0.717) is 11.7 Å². The van der Waals surface area contributed by atoms with Crippen LogP contribution in [0.25, 0.3) is 0 Å². The molecule has 2 rings (SSSR count). The Bertz CT molecular complexity index is 464. The Hall–Kier alpha value is -1.76. The second-order valence-electron chi connectivity index (χ2n) is 3.98. The number of nitrogens with two attached hydrogens (primary N) is 1. The third kappa shape index (κ3) is 1.73. The van der Waals surface area contributed by atoms with Gasteiger partial charge in [0.2, 0.25) is 0 Å². The summed E-state index contributed by atoms with van der Waals surface area (Å²) < 4.78 is 0. The van der Waals surface area contributed by atoms with Crippen molar-refractivity contribution in [1.29, 1.82) is 5.26 Å². The third-order valence-electron chi connectivity index (χ3n) is 2.99. The molecule has 1 aromatic heterocycles. The molecule has 1 aliphatic rings. The maximum absolute atomic E-state index is 11.5. The van der Waals surface area contributed by atoms with Crippen LogP contribution in [0.3, 0.4) is 0 Å². The van der Waals surface area contributed by atoms with E-state index in [1.807, 2.05) is 6.07 Å². The lowest BCUT2D eigenvalue weighted by Gasteiger charge is -2.11. The topological polar surface area (TPSA) is 82.7 Å². The standard InChI is InChI=1S/C11H13N3O/c12-6-9-8(7-3-1-2-4-7)5-10(13)14-11(9)15/h5,7H,1-4H2,(H3,13,14,15). The molecular formula is C11H13N3O. The number of nitriles is 1. The molecule has 0 radical (unpaired) electrons. The molecule has 1 fully saturated rings. The number of nitrogens with one attached hydrogen (secondary N) is 1. The summed E-state index contributed by atoms with van der Waals surface area (Å²) in [5.41, 5.74) is 6.29. The third-order valence-corrected chi connectivity index (χ3v) is 2.99. The van der Waals surface area contributed by atoms with Crippen LogP contribution in [0.15, 0.2) is 10.9 Å². The first kappa shape index (κ1) is 9.78. The molecule has 1 aliphatic carbocycles. The molecule has 0 bridgehead atoms. The van der Waals surface area contributed by atoms with E-state index in [1.165, 1.54) is 12.8 Å². The zero-order valence-electron chi connectivity index (χ0n) is 8.42. The molecule has 0 unspecified atom stereocenters. The number of aromatic amines is 1. The van der Waals surface area contributed by atoms with Gasteiger partial charge in [-0.05, 0) is 30.4 Å². The summed E-state index contributed by atoms with van der Waals surface area (Å²) in [6.45, 7) is 0. The van der Waals surface area contributed by atoms with E-state index in [2.05, 4.69) is 4.98 Å². The highest BCUT2D eigenvalue weighted by Crippen LogP contribution is 2.35. The van der Waals surface area contributed by atoms with Crippen molar-refractivity contribution in [2.45, 2.75) is 31.6 Å². The molecule has 4 heteroatoms. The fraction of sp³-hybridized carbons (Fsp3) is 0.455. The van der Waals surface area contributed by atoms with Gasteiger partial charge in [0.05, 0.1) is 0 Å². The zero-order valence-corrected chi connectivity index (χ0v) is 8.42. The summed E-state index contributed by atoms with van der Waals surface area (Å²) in [4.78, 5) is 13.9. The summed E-state index contributed by atoms with van der Waals surface area (Å²) >= 11 is 0. The van der Waals surface area contributed by atoms with Crippen LogP contribution in [-0.4, -0.2) is 4.98 Å². The molecule has 1 saturated carbocycles. The number of nitrogens with zero attached hydrogens (tertiary/aromatic N) is 1. The maximum atomic E-state index is 11.5. The fourth-order valence-corrected chi connectivity index (χ4v) is 2.27. The molecule has 0 saturated heterocycles. The highest BCUT2D eigenvalue weighted by atomic mass is 16.1. The highest BCUT2D eigenvalue weighted by Gasteiger charge is 2.21. The van der Waals surface area contributed by atoms with E-state index >= 15 is 0 Å². The van der Waals surface area contributed by atoms with Gasteiger partial charge in [-0.15, -0.1) is 0 Å². The van der Waals surface area contributed by atoms with Gasteiger partial charge in [0, 0.05) is 0 Å². The molecule has 78 valence electrons. The lowest BCUT2D eigenvalue weighted by atomic mass is 9.94. The summed E-state index contributed by atoms with van der Waals surface area (Å²) in [7, 11) is 0. The molecule has 4 nitrogen and oxygen atoms in total. The molecule has 0 amide bonds. The van der Waals surface area contributed by atoms with Gasteiger partial charge in [0.25, 0.3) is 5.56 Å². The summed E-state index contributed by atoms with van der Waals surface area (Å²) in [5.74, 6) is 0.685. The van der Waals surface area contributed by atoms with Crippen molar-refractivity contribution in [1.82, 2.24) is 4.98 Å². The van der Waals surface area contributed by atoms with Crippen LogP contribution < -0.4 is 11.3 Å². The van der Waals surface area contributed by atoms with Crippen molar-refractivity contribution < 1.29 is 0 Å². The fourth-order valence-electron chi connectivity index (χ4n) is 2.27. The molecule has 0 atom stereocenters. The van der Waals surface area contributed by atoms with Gasteiger partial charge in [0.15, 0.2) is 0 Å². The van der Waals surface area contributed by atoms with E-state index < -0.39 is 0 Å². The first-order valence-corrected chi connectivity index (χ1v) is 5.15.